The molecule has 1 aromatic carbocycles. The van der Waals surface area contributed by atoms with Crippen LogP contribution in [0.5, 0.6) is 0 Å². The van der Waals surface area contributed by atoms with Gasteiger partial charge in [0.1, 0.15) is 23.0 Å². The fraction of sp³-hybridized carbons (Fsp3) is 0.292. The lowest BCUT2D eigenvalue weighted by molar-refractivity contribution is 0.103. The van der Waals surface area contributed by atoms with Crippen LogP contribution >= 0.6 is 0 Å². The van der Waals surface area contributed by atoms with Crippen LogP contribution in [0.15, 0.2) is 36.8 Å². The largest absolute Gasteiger partial charge is 0.287 e. The molecule has 0 saturated carbocycles. The molecule has 0 radical (unpaired) electrons. The predicted molar refractivity (Wildman–Crippen MR) is 131 cm³/mol. The molecule has 0 fully saturated rings. The number of pyridine rings is 1. The number of halogens is 2. The summed E-state index contributed by atoms with van der Waals surface area (Å²) in [7, 11) is -3.99. The van der Waals surface area contributed by atoms with Gasteiger partial charge in [-0.05, 0) is 24.6 Å². The molecule has 0 bridgehead atoms. The van der Waals surface area contributed by atoms with E-state index in [4.69, 9.17) is 0 Å². The van der Waals surface area contributed by atoms with Crippen molar-refractivity contribution in [2.45, 2.75) is 39.5 Å². The van der Waals surface area contributed by atoms with E-state index in [1.165, 1.54) is 0 Å². The van der Waals surface area contributed by atoms with Gasteiger partial charge in [0.25, 0.3) is 0 Å². The molecule has 4 rings (SSSR count). The zero-order valence-electron chi connectivity index (χ0n) is 20.1. The topological polar surface area (TPSA) is 131 Å². The summed E-state index contributed by atoms with van der Waals surface area (Å²) in [6.45, 7) is 7.59. The van der Waals surface area contributed by atoms with Crippen LogP contribution in [-0.2, 0) is 15.4 Å². The number of anilines is 1. The van der Waals surface area contributed by atoms with E-state index < -0.39 is 38.7 Å². The number of fused-ring (bicyclic) bond motifs is 1. The maximum atomic E-state index is 15.2. The summed E-state index contributed by atoms with van der Waals surface area (Å²) in [5, 5.41) is 6.91. The van der Waals surface area contributed by atoms with E-state index >= 15 is 4.39 Å². The number of carbonyl (C=O) groups excluding carboxylic acids is 1. The van der Waals surface area contributed by atoms with Gasteiger partial charge in [0.15, 0.2) is 11.5 Å². The van der Waals surface area contributed by atoms with Gasteiger partial charge < -0.3 is 0 Å². The fourth-order valence-electron chi connectivity index (χ4n) is 3.52. The highest BCUT2D eigenvalue weighted by atomic mass is 32.2. The highest BCUT2D eigenvalue weighted by Gasteiger charge is 2.26. The van der Waals surface area contributed by atoms with Crippen LogP contribution in [0.25, 0.3) is 22.2 Å². The number of benzene rings is 1. The third kappa shape index (κ3) is 4.94. The van der Waals surface area contributed by atoms with E-state index in [0.717, 1.165) is 12.1 Å². The molecule has 36 heavy (non-hydrogen) atoms. The minimum Gasteiger partial charge on any atom is -0.287 e. The Morgan fingerprint density at radius 2 is 1.72 bits per heavy atom. The van der Waals surface area contributed by atoms with Crippen molar-refractivity contribution in [2.75, 3.05) is 10.5 Å². The number of hydrogen-bond acceptors (Lipinski definition) is 7. The van der Waals surface area contributed by atoms with Gasteiger partial charge in [-0.25, -0.2) is 32.2 Å². The Bertz CT molecular complexity index is 1560. The smallest absolute Gasteiger partial charge is 0.232 e. The van der Waals surface area contributed by atoms with Crippen LogP contribution in [0.2, 0.25) is 0 Å². The quantitative estimate of drug-likeness (QED) is 0.350. The van der Waals surface area contributed by atoms with E-state index in [-0.39, 0.29) is 28.9 Å². The number of aromatic nitrogens is 5. The Morgan fingerprint density at radius 1 is 1.06 bits per heavy atom. The van der Waals surface area contributed by atoms with Crippen LogP contribution in [0.1, 0.15) is 56.0 Å². The van der Waals surface area contributed by atoms with Crippen molar-refractivity contribution < 1.29 is 22.0 Å². The molecule has 0 saturated heterocycles. The highest BCUT2D eigenvalue weighted by molar-refractivity contribution is 7.92. The molecule has 3 aromatic heterocycles. The second-order valence-corrected chi connectivity index (χ2v) is 11.1. The molecule has 0 amide bonds. The average molecular weight is 515 g/mol. The molecular formula is C24H24F2N6O3S. The summed E-state index contributed by atoms with van der Waals surface area (Å²) in [5.74, 6) is -3.00. The van der Waals surface area contributed by atoms with Crippen molar-refractivity contribution in [2.24, 2.45) is 0 Å². The van der Waals surface area contributed by atoms with Gasteiger partial charge in [-0.2, -0.15) is 5.10 Å². The normalized spacial score (nSPS) is 12.2. The average Bonchev–Trinajstić information content (AvgIpc) is 3.24. The molecule has 4 aromatic rings. The molecule has 0 unspecified atom stereocenters. The lowest BCUT2D eigenvalue weighted by atomic mass is 9.95. The van der Waals surface area contributed by atoms with Crippen molar-refractivity contribution in [3.63, 3.8) is 0 Å². The molecular weight excluding hydrogens is 490 g/mol. The van der Waals surface area contributed by atoms with Gasteiger partial charge in [-0.3, -0.25) is 14.6 Å². The van der Waals surface area contributed by atoms with E-state index in [1.54, 1.807) is 31.6 Å². The summed E-state index contributed by atoms with van der Waals surface area (Å²) < 4.78 is 55.5. The number of rotatable bonds is 7. The maximum absolute atomic E-state index is 15.2. The molecule has 0 atom stereocenters. The van der Waals surface area contributed by atoms with Gasteiger partial charge in [0, 0.05) is 35.1 Å². The molecule has 188 valence electrons. The third-order valence-corrected chi connectivity index (χ3v) is 6.81. The molecule has 0 aliphatic rings. The summed E-state index contributed by atoms with van der Waals surface area (Å²) in [6.07, 6.45) is 5.09. The van der Waals surface area contributed by atoms with Crippen molar-refractivity contribution in [3.8, 4) is 11.1 Å². The Balaban J connectivity index is 1.74. The predicted octanol–water partition coefficient (Wildman–Crippen LogP) is 4.37. The minimum atomic E-state index is -3.99. The number of aromatic amines is 1. The first-order chi connectivity index (χ1) is 16.9. The minimum absolute atomic E-state index is 0.153. The number of nitrogens with one attached hydrogen (secondary N) is 2. The number of hydrogen-bond donors (Lipinski definition) is 2. The summed E-state index contributed by atoms with van der Waals surface area (Å²) in [5.41, 5.74) is -0.302. The third-order valence-electron chi connectivity index (χ3n) is 5.35. The van der Waals surface area contributed by atoms with Crippen molar-refractivity contribution >= 4 is 32.5 Å². The van der Waals surface area contributed by atoms with E-state index in [9.17, 15) is 17.6 Å². The second-order valence-electron chi connectivity index (χ2n) is 9.27. The molecule has 0 spiro atoms. The Morgan fingerprint density at radius 3 is 2.36 bits per heavy atom. The van der Waals surface area contributed by atoms with Crippen molar-refractivity contribution in [3.05, 3.63) is 65.5 Å². The standard InChI is InChI=1S/C24H24F2N6O3S/c1-5-8-36(34,35)32-20-17(25)7-6-15(18(20)26)21(33)19-16-9-13(10-27-22(16)31-30-19)14-11-28-23(29-12-14)24(2,3)4/h6-7,9-12,32H,5,8H2,1-4H3,(H,27,30,31). The van der Waals surface area contributed by atoms with Crippen molar-refractivity contribution in [1.82, 2.24) is 25.1 Å². The lowest BCUT2D eigenvalue weighted by Gasteiger charge is -2.16. The molecule has 3 heterocycles. The molecule has 9 nitrogen and oxygen atoms in total. The van der Waals surface area contributed by atoms with Crippen LogP contribution in [0, 0.1) is 11.6 Å². The Labute approximate surface area is 206 Å². The maximum Gasteiger partial charge on any atom is 0.232 e. The monoisotopic (exact) mass is 514 g/mol. The first-order valence-corrected chi connectivity index (χ1v) is 12.8. The Hall–Kier alpha value is -3.80. The van der Waals surface area contributed by atoms with Crippen LogP contribution in [0.3, 0.4) is 0 Å². The van der Waals surface area contributed by atoms with Gasteiger partial charge in [0.05, 0.1) is 16.7 Å². The Kier molecular flexibility index (Phi) is 6.56. The highest BCUT2D eigenvalue weighted by Crippen LogP contribution is 2.29. The number of ketones is 1. The molecule has 12 heteroatoms. The van der Waals surface area contributed by atoms with Gasteiger partial charge >= 0.3 is 0 Å². The lowest BCUT2D eigenvalue weighted by Crippen LogP contribution is -2.19. The van der Waals surface area contributed by atoms with Crippen molar-refractivity contribution in [1.29, 1.82) is 0 Å². The number of H-pyrrole nitrogens is 1. The van der Waals surface area contributed by atoms with Gasteiger partial charge in [0.2, 0.25) is 15.8 Å². The van der Waals surface area contributed by atoms with Crippen LogP contribution < -0.4 is 4.72 Å². The SMILES string of the molecule is CCCS(=O)(=O)Nc1c(F)ccc(C(=O)c2n[nH]c3ncc(-c4cnc(C(C)(C)C)nc4)cc23)c1F. The summed E-state index contributed by atoms with van der Waals surface area (Å²) >= 11 is 0. The van der Waals surface area contributed by atoms with Gasteiger partial charge in [-0.1, -0.05) is 27.7 Å². The zero-order valence-corrected chi connectivity index (χ0v) is 20.9. The number of nitrogens with zero attached hydrogens (tertiary/aromatic N) is 4. The zero-order chi connectivity index (χ0) is 26.3. The first kappa shape index (κ1) is 25.3. The molecule has 2 N–H and O–H groups in total. The summed E-state index contributed by atoms with van der Waals surface area (Å²) in [6, 6.07) is 3.41. The first-order valence-electron chi connectivity index (χ1n) is 11.1. The fourth-order valence-corrected chi connectivity index (χ4v) is 4.66. The summed E-state index contributed by atoms with van der Waals surface area (Å²) in [4.78, 5) is 26.3. The van der Waals surface area contributed by atoms with Crippen LogP contribution in [0.4, 0.5) is 14.5 Å². The van der Waals surface area contributed by atoms with E-state index in [0.29, 0.717) is 22.3 Å². The van der Waals surface area contributed by atoms with Crippen LogP contribution in [-0.4, -0.2) is 45.1 Å². The second kappa shape index (κ2) is 9.34. The number of carbonyl (C=O) groups is 1. The molecule has 0 aliphatic heterocycles. The molecule has 0 aliphatic carbocycles. The van der Waals surface area contributed by atoms with E-state index in [1.807, 2.05) is 25.5 Å². The number of sulfonamides is 1. The van der Waals surface area contributed by atoms with Gasteiger partial charge in [-0.15, -0.1) is 0 Å². The van der Waals surface area contributed by atoms with E-state index in [2.05, 4.69) is 25.1 Å².